The number of carbonyl (C=O) groups excluding carboxylic acids is 1. The van der Waals surface area contributed by atoms with Crippen molar-refractivity contribution < 1.29 is 18.7 Å². The van der Waals surface area contributed by atoms with Crippen LogP contribution in [0, 0.1) is 0 Å². The molecule has 1 aliphatic rings. The van der Waals surface area contributed by atoms with Gasteiger partial charge >= 0.3 is 0 Å². The van der Waals surface area contributed by atoms with E-state index in [1.165, 1.54) is 0 Å². The standard InChI is InChI=1S/C5H7F2NO2/c6-3-2(1-9)8-5(7)4(3)10/h2-3,5,8-9H,1H2. The molecule has 0 aromatic rings. The van der Waals surface area contributed by atoms with Crippen LogP contribution in [0.5, 0.6) is 0 Å². The lowest BCUT2D eigenvalue weighted by molar-refractivity contribution is -0.125. The van der Waals surface area contributed by atoms with E-state index in [9.17, 15) is 13.6 Å². The SMILES string of the molecule is O=C1C(F)NC(CO)C1F. The highest BCUT2D eigenvalue weighted by Gasteiger charge is 2.41. The lowest BCUT2D eigenvalue weighted by Crippen LogP contribution is -2.33. The van der Waals surface area contributed by atoms with Gasteiger partial charge < -0.3 is 5.11 Å². The molecule has 1 aliphatic heterocycles. The number of Topliss-reactive ketones (excluding diaryl/α,β-unsaturated/α-hetero) is 1. The Bertz CT molecular complexity index is 153. The van der Waals surface area contributed by atoms with Gasteiger partial charge in [0.25, 0.3) is 0 Å². The fourth-order valence-electron chi connectivity index (χ4n) is 0.838. The molecule has 0 amide bonds. The Labute approximate surface area is 56.0 Å². The van der Waals surface area contributed by atoms with Gasteiger partial charge in [-0.15, -0.1) is 0 Å². The molecular weight excluding hydrogens is 144 g/mol. The fraction of sp³-hybridized carbons (Fsp3) is 0.800. The van der Waals surface area contributed by atoms with Gasteiger partial charge in [0, 0.05) is 0 Å². The zero-order valence-electron chi connectivity index (χ0n) is 5.05. The molecular formula is C5H7F2NO2. The predicted octanol–water partition coefficient (Wildman–Crippen LogP) is -0.847. The molecule has 3 nitrogen and oxygen atoms in total. The summed E-state index contributed by atoms with van der Waals surface area (Å²) in [5.41, 5.74) is 0. The van der Waals surface area contributed by atoms with Crippen molar-refractivity contribution >= 4 is 5.78 Å². The van der Waals surface area contributed by atoms with Crippen LogP contribution in [0.4, 0.5) is 8.78 Å². The summed E-state index contributed by atoms with van der Waals surface area (Å²) in [5, 5.41) is 10.3. The highest BCUT2D eigenvalue weighted by atomic mass is 19.1. The van der Waals surface area contributed by atoms with Crippen LogP contribution in [0.1, 0.15) is 0 Å². The van der Waals surface area contributed by atoms with Crippen LogP contribution in [0.3, 0.4) is 0 Å². The second kappa shape index (κ2) is 2.59. The van der Waals surface area contributed by atoms with Gasteiger partial charge in [-0.3, -0.25) is 10.1 Å². The van der Waals surface area contributed by atoms with E-state index in [1.807, 2.05) is 5.32 Å². The van der Waals surface area contributed by atoms with E-state index in [2.05, 4.69) is 0 Å². The minimum atomic E-state index is -1.95. The first kappa shape index (κ1) is 7.56. The molecule has 1 heterocycles. The Morgan fingerprint density at radius 2 is 2.20 bits per heavy atom. The topological polar surface area (TPSA) is 49.3 Å². The smallest absolute Gasteiger partial charge is 0.217 e. The van der Waals surface area contributed by atoms with Gasteiger partial charge in [0.1, 0.15) is 0 Å². The maximum absolute atomic E-state index is 12.4. The molecule has 0 aromatic heterocycles. The van der Waals surface area contributed by atoms with Crippen molar-refractivity contribution in [3.63, 3.8) is 0 Å². The third-order valence-electron chi connectivity index (χ3n) is 1.43. The Morgan fingerprint density at radius 3 is 2.40 bits per heavy atom. The number of aliphatic hydroxyl groups is 1. The summed E-state index contributed by atoms with van der Waals surface area (Å²) in [7, 11) is 0. The van der Waals surface area contributed by atoms with Crippen molar-refractivity contribution in [1.29, 1.82) is 0 Å². The molecule has 58 valence electrons. The number of alkyl halides is 2. The van der Waals surface area contributed by atoms with Crippen molar-refractivity contribution in [2.24, 2.45) is 0 Å². The largest absolute Gasteiger partial charge is 0.395 e. The Kier molecular flexibility index (Phi) is 1.96. The highest BCUT2D eigenvalue weighted by Crippen LogP contribution is 2.13. The highest BCUT2D eigenvalue weighted by molar-refractivity contribution is 5.89. The van der Waals surface area contributed by atoms with Crippen molar-refractivity contribution in [3.05, 3.63) is 0 Å². The second-order valence-electron chi connectivity index (χ2n) is 2.12. The average molecular weight is 151 g/mol. The molecule has 3 atom stereocenters. The van der Waals surface area contributed by atoms with E-state index in [-0.39, 0.29) is 0 Å². The maximum atomic E-state index is 12.4. The lowest BCUT2D eigenvalue weighted by atomic mass is 10.2. The summed E-state index contributed by atoms with van der Waals surface area (Å²) in [5.74, 6) is -1.13. The Balaban J connectivity index is 2.61. The minimum Gasteiger partial charge on any atom is -0.395 e. The number of hydrogen-bond donors (Lipinski definition) is 2. The van der Waals surface area contributed by atoms with Gasteiger partial charge in [-0.05, 0) is 0 Å². The molecule has 1 rings (SSSR count). The van der Waals surface area contributed by atoms with E-state index in [1.54, 1.807) is 0 Å². The van der Waals surface area contributed by atoms with E-state index in [4.69, 9.17) is 5.11 Å². The molecule has 2 N–H and O–H groups in total. The third-order valence-corrected chi connectivity index (χ3v) is 1.43. The Morgan fingerprint density at radius 1 is 1.60 bits per heavy atom. The van der Waals surface area contributed by atoms with Gasteiger partial charge in [0.05, 0.1) is 12.6 Å². The predicted molar refractivity (Wildman–Crippen MR) is 28.8 cm³/mol. The van der Waals surface area contributed by atoms with E-state index in [0.29, 0.717) is 0 Å². The van der Waals surface area contributed by atoms with Crippen LogP contribution >= 0.6 is 0 Å². The van der Waals surface area contributed by atoms with Crippen LogP contribution in [0.2, 0.25) is 0 Å². The van der Waals surface area contributed by atoms with E-state index in [0.717, 1.165) is 0 Å². The van der Waals surface area contributed by atoms with Crippen molar-refractivity contribution in [2.45, 2.75) is 18.5 Å². The zero-order chi connectivity index (χ0) is 7.72. The van der Waals surface area contributed by atoms with Crippen LogP contribution in [-0.2, 0) is 4.79 Å². The third kappa shape index (κ3) is 1.02. The Hall–Kier alpha value is -0.550. The van der Waals surface area contributed by atoms with E-state index >= 15 is 0 Å². The molecule has 0 radical (unpaired) electrons. The molecule has 0 spiro atoms. The first-order valence-electron chi connectivity index (χ1n) is 2.85. The summed E-state index contributed by atoms with van der Waals surface area (Å²) in [6, 6.07) is -1.07. The molecule has 0 bridgehead atoms. The molecule has 1 fully saturated rings. The van der Waals surface area contributed by atoms with E-state index < -0.39 is 30.9 Å². The van der Waals surface area contributed by atoms with Crippen LogP contribution in [0.25, 0.3) is 0 Å². The summed E-state index contributed by atoms with van der Waals surface area (Å²) in [6.45, 7) is -0.562. The molecule has 0 saturated carbocycles. The number of aliphatic hydroxyl groups excluding tert-OH is 1. The van der Waals surface area contributed by atoms with Gasteiger partial charge in [-0.2, -0.15) is 0 Å². The summed E-state index contributed by atoms with van der Waals surface area (Å²) in [6.07, 6.45) is -3.85. The minimum absolute atomic E-state index is 0.562. The number of halogens is 2. The van der Waals surface area contributed by atoms with Crippen molar-refractivity contribution in [3.8, 4) is 0 Å². The summed E-state index contributed by atoms with van der Waals surface area (Å²) in [4.78, 5) is 10.4. The summed E-state index contributed by atoms with van der Waals surface area (Å²) >= 11 is 0. The molecule has 0 aliphatic carbocycles. The first-order valence-corrected chi connectivity index (χ1v) is 2.85. The number of rotatable bonds is 1. The van der Waals surface area contributed by atoms with Crippen LogP contribution < -0.4 is 5.32 Å². The van der Waals surface area contributed by atoms with Gasteiger partial charge in [0.2, 0.25) is 12.1 Å². The van der Waals surface area contributed by atoms with Crippen molar-refractivity contribution in [2.75, 3.05) is 6.61 Å². The molecule has 5 heteroatoms. The molecule has 0 aromatic carbocycles. The zero-order valence-corrected chi connectivity index (χ0v) is 5.05. The molecule has 10 heavy (non-hydrogen) atoms. The van der Waals surface area contributed by atoms with Gasteiger partial charge in [-0.1, -0.05) is 0 Å². The summed E-state index contributed by atoms with van der Waals surface area (Å²) < 4.78 is 24.6. The lowest BCUT2D eigenvalue weighted by Gasteiger charge is -2.05. The van der Waals surface area contributed by atoms with Gasteiger partial charge in [0.15, 0.2) is 6.17 Å². The molecule has 3 unspecified atom stereocenters. The van der Waals surface area contributed by atoms with Crippen LogP contribution in [-0.4, -0.2) is 36.0 Å². The fourth-order valence-corrected chi connectivity index (χ4v) is 0.838. The number of carbonyl (C=O) groups is 1. The number of hydrogen-bond acceptors (Lipinski definition) is 3. The van der Waals surface area contributed by atoms with Crippen LogP contribution in [0.15, 0.2) is 0 Å². The molecule has 1 saturated heterocycles. The quantitative estimate of drug-likeness (QED) is 0.480. The van der Waals surface area contributed by atoms with Gasteiger partial charge in [-0.25, -0.2) is 8.78 Å². The monoisotopic (exact) mass is 151 g/mol. The number of ketones is 1. The van der Waals surface area contributed by atoms with Crippen molar-refractivity contribution in [1.82, 2.24) is 5.32 Å². The maximum Gasteiger partial charge on any atom is 0.217 e. The average Bonchev–Trinajstić information content (AvgIpc) is 2.17. The number of nitrogens with one attached hydrogen (secondary N) is 1. The normalized spacial score (nSPS) is 40.7. The second-order valence-corrected chi connectivity index (χ2v) is 2.12. The first-order chi connectivity index (χ1) is 4.66.